The molecule has 0 bridgehead atoms. The molecule has 0 aliphatic heterocycles. The average Bonchev–Trinajstić information content (AvgIpc) is 3.36. The van der Waals surface area contributed by atoms with Crippen LogP contribution >= 0.6 is 0 Å². The lowest BCUT2D eigenvalue weighted by Crippen LogP contribution is -2.45. The summed E-state index contributed by atoms with van der Waals surface area (Å²) in [6.45, 7) is 0.230. The number of hydrogen-bond donors (Lipinski definition) is 4. The normalized spacial score (nSPS) is 16.4. The maximum Gasteiger partial charge on any atom is 0.315 e. The minimum Gasteiger partial charge on any atom is -0.481 e. The Morgan fingerprint density at radius 1 is 1.22 bits per heavy atom. The van der Waals surface area contributed by atoms with E-state index in [1.54, 1.807) is 0 Å². The van der Waals surface area contributed by atoms with Gasteiger partial charge >= 0.3 is 12.0 Å². The number of aliphatic hydroxyl groups excluding tert-OH is 1. The van der Waals surface area contributed by atoms with Gasteiger partial charge in [0.2, 0.25) is 0 Å². The molecule has 1 aromatic rings. The highest BCUT2D eigenvalue weighted by molar-refractivity contribution is 5.74. The summed E-state index contributed by atoms with van der Waals surface area (Å²) in [7, 11) is 0. The number of aliphatic carboxylic acids is 1. The molecule has 1 fully saturated rings. The fourth-order valence-corrected chi connectivity index (χ4v) is 2.50. The molecule has 0 radical (unpaired) electrons. The summed E-state index contributed by atoms with van der Waals surface area (Å²) in [5.74, 6) is -0.572. The Kier molecular flexibility index (Phi) is 6.40. The summed E-state index contributed by atoms with van der Waals surface area (Å²) in [5.41, 5.74) is 1.04. The lowest BCUT2D eigenvalue weighted by molar-refractivity contribution is -0.137. The lowest BCUT2D eigenvalue weighted by atomic mass is 10.0. The van der Waals surface area contributed by atoms with Crippen molar-refractivity contribution in [2.45, 2.75) is 44.2 Å². The fraction of sp³-hybridized carbons (Fsp3) is 0.529. The molecule has 0 saturated heterocycles. The van der Waals surface area contributed by atoms with E-state index >= 15 is 0 Å². The molecule has 0 aromatic heterocycles. The zero-order valence-electron chi connectivity index (χ0n) is 13.1. The van der Waals surface area contributed by atoms with E-state index in [4.69, 9.17) is 5.11 Å². The van der Waals surface area contributed by atoms with Crippen LogP contribution in [0.5, 0.6) is 0 Å². The quantitative estimate of drug-likeness (QED) is 0.554. The summed E-state index contributed by atoms with van der Waals surface area (Å²) in [4.78, 5) is 22.7. The first-order valence-corrected chi connectivity index (χ1v) is 8.02. The molecular weight excluding hydrogens is 296 g/mol. The number of aliphatic hydroxyl groups is 1. The van der Waals surface area contributed by atoms with Crippen molar-refractivity contribution < 1.29 is 19.8 Å². The molecule has 4 N–H and O–H groups in total. The van der Waals surface area contributed by atoms with Crippen LogP contribution in [0.3, 0.4) is 0 Å². The molecule has 1 aliphatic carbocycles. The van der Waals surface area contributed by atoms with Gasteiger partial charge < -0.3 is 20.8 Å². The highest BCUT2D eigenvalue weighted by Gasteiger charge is 2.29. The zero-order valence-corrected chi connectivity index (χ0v) is 13.1. The average molecular weight is 320 g/mol. The second kappa shape index (κ2) is 8.53. The van der Waals surface area contributed by atoms with Gasteiger partial charge in [0, 0.05) is 19.0 Å². The van der Waals surface area contributed by atoms with Crippen molar-refractivity contribution in [3.8, 4) is 0 Å². The van der Waals surface area contributed by atoms with Gasteiger partial charge in [-0.3, -0.25) is 4.79 Å². The molecule has 23 heavy (non-hydrogen) atoms. The lowest BCUT2D eigenvalue weighted by Gasteiger charge is -2.19. The maximum absolute atomic E-state index is 12.0. The van der Waals surface area contributed by atoms with E-state index in [9.17, 15) is 14.7 Å². The van der Waals surface area contributed by atoms with E-state index in [0.717, 1.165) is 18.4 Å². The molecule has 2 unspecified atom stereocenters. The molecule has 6 heteroatoms. The molecule has 2 amide bonds. The van der Waals surface area contributed by atoms with Crippen molar-refractivity contribution in [2.75, 3.05) is 6.54 Å². The first-order chi connectivity index (χ1) is 11.0. The number of carboxylic acids is 1. The first kappa shape index (κ1) is 17.3. The predicted octanol–water partition coefficient (Wildman–Crippen LogP) is 1.53. The predicted molar refractivity (Wildman–Crippen MR) is 86.1 cm³/mol. The first-order valence-electron chi connectivity index (χ1n) is 8.02. The Morgan fingerprint density at radius 3 is 2.52 bits per heavy atom. The van der Waals surface area contributed by atoms with Crippen LogP contribution in [0.4, 0.5) is 4.79 Å². The van der Waals surface area contributed by atoms with Gasteiger partial charge in [-0.2, -0.15) is 0 Å². The number of carbonyl (C=O) groups is 2. The van der Waals surface area contributed by atoms with E-state index in [1.807, 2.05) is 30.3 Å². The molecule has 2 atom stereocenters. The van der Waals surface area contributed by atoms with Crippen LogP contribution in [0, 0.1) is 5.92 Å². The SMILES string of the molecule is O=C(O)CCC(Cc1ccccc1)NC(=O)NCC(O)C1CC1. The fourth-order valence-electron chi connectivity index (χ4n) is 2.50. The largest absolute Gasteiger partial charge is 0.481 e. The number of carbonyl (C=O) groups excluding carboxylic acids is 1. The van der Waals surface area contributed by atoms with Crippen LogP contribution < -0.4 is 10.6 Å². The number of amides is 2. The van der Waals surface area contributed by atoms with Gasteiger partial charge in [-0.15, -0.1) is 0 Å². The van der Waals surface area contributed by atoms with E-state index in [-0.39, 0.29) is 25.0 Å². The van der Waals surface area contributed by atoms with Crippen LogP contribution in [0.25, 0.3) is 0 Å². The Bertz CT molecular complexity index is 517. The minimum absolute atomic E-state index is 0.00246. The summed E-state index contributed by atoms with van der Waals surface area (Å²) in [6, 6.07) is 9.01. The van der Waals surface area contributed by atoms with Gasteiger partial charge in [-0.05, 0) is 37.2 Å². The summed E-state index contributed by atoms with van der Waals surface area (Å²) in [5, 5.41) is 24.1. The smallest absolute Gasteiger partial charge is 0.315 e. The van der Waals surface area contributed by atoms with Crippen molar-refractivity contribution in [2.24, 2.45) is 5.92 Å². The van der Waals surface area contributed by atoms with Gasteiger partial charge in [0.15, 0.2) is 0 Å². The molecule has 1 aliphatic rings. The number of nitrogens with one attached hydrogen (secondary N) is 2. The summed E-state index contributed by atoms with van der Waals surface area (Å²) in [6.07, 6.45) is 2.48. The van der Waals surface area contributed by atoms with Crippen molar-refractivity contribution >= 4 is 12.0 Å². The van der Waals surface area contributed by atoms with Crippen LogP contribution in [-0.4, -0.2) is 40.9 Å². The van der Waals surface area contributed by atoms with Crippen LogP contribution in [0.2, 0.25) is 0 Å². The van der Waals surface area contributed by atoms with Crippen LogP contribution in [-0.2, 0) is 11.2 Å². The summed E-state index contributed by atoms with van der Waals surface area (Å²) < 4.78 is 0. The molecule has 1 aromatic carbocycles. The van der Waals surface area contributed by atoms with Crippen molar-refractivity contribution in [1.82, 2.24) is 10.6 Å². The van der Waals surface area contributed by atoms with Gasteiger partial charge in [-0.1, -0.05) is 30.3 Å². The Balaban J connectivity index is 1.82. The molecule has 126 valence electrons. The zero-order chi connectivity index (χ0) is 16.7. The second-order valence-corrected chi connectivity index (χ2v) is 6.08. The molecule has 2 rings (SSSR count). The van der Waals surface area contributed by atoms with E-state index in [2.05, 4.69) is 10.6 Å². The van der Waals surface area contributed by atoms with Crippen LogP contribution in [0.15, 0.2) is 30.3 Å². The van der Waals surface area contributed by atoms with Crippen molar-refractivity contribution in [1.29, 1.82) is 0 Å². The standard InChI is InChI=1S/C17H24N2O4/c20-15(13-6-7-13)11-18-17(23)19-14(8-9-16(21)22)10-12-4-2-1-3-5-12/h1-5,13-15,20H,6-11H2,(H,21,22)(H2,18,19,23). The van der Waals surface area contributed by atoms with Crippen LogP contribution in [0.1, 0.15) is 31.2 Å². The van der Waals surface area contributed by atoms with Gasteiger partial charge in [0.05, 0.1) is 6.10 Å². The number of hydrogen-bond acceptors (Lipinski definition) is 3. The van der Waals surface area contributed by atoms with Gasteiger partial charge in [-0.25, -0.2) is 4.79 Å². The van der Waals surface area contributed by atoms with E-state index < -0.39 is 12.1 Å². The third-order valence-electron chi connectivity index (χ3n) is 4.00. The third-order valence-corrected chi connectivity index (χ3v) is 4.00. The van der Waals surface area contributed by atoms with Crippen molar-refractivity contribution in [3.63, 3.8) is 0 Å². The molecule has 1 saturated carbocycles. The topological polar surface area (TPSA) is 98.7 Å². The molecule has 0 heterocycles. The Hall–Kier alpha value is -2.08. The summed E-state index contributed by atoms with van der Waals surface area (Å²) >= 11 is 0. The number of carboxylic acid groups (broad SMARTS) is 1. The van der Waals surface area contributed by atoms with Gasteiger partial charge in [0.25, 0.3) is 0 Å². The number of benzene rings is 1. The Morgan fingerprint density at radius 2 is 1.91 bits per heavy atom. The second-order valence-electron chi connectivity index (χ2n) is 6.08. The monoisotopic (exact) mass is 320 g/mol. The van der Waals surface area contributed by atoms with Crippen molar-refractivity contribution in [3.05, 3.63) is 35.9 Å². The van der Waals surface area contributed by atoms with E-state index in [1.165, 1.54) is 0 Å². The number of rotatable bonds is 9. The Labute approximate surface area is 135 Å². The molecular formula is C17H24N2O4. The van der Waals surface area contributed by atoms with E-state index in [0.29, 0.717) is 18.8 Å². The third kappa shape index (κ3) is 6.69. The number of urea groups is 1. The highest BCUT2D eigenvalue weighted by Crippen LogP contribution is 2.32. The molecule has 6 nitrogen and oxygen atoms in total. The van der Waals surface area contributed by atoms with Gasteiger partial charge in [0.1, 0.15) is 0 Å². The maximum atomic E-state index is 12.0. The highest BCUT2D eigenvalue weighted by atomic mass is 16.4. The molecule has 0 spiro atoms. The minimum atomic E-state index is -0.880.